The van der Waals surface area contributed by atoms with Crippen molar-refractivity contribution in [2.75, 3.05) is 11.9 Å². The van der Waals surface area contributed by atoms with Gasteiger partial charge in [-0.25, -0.2) is 13.6 Å². The molecule has 166 valence electrons. The summed E-state index contributed by atoms with van der Waals surface area (Å²) in [6, 6.07) is 16.5. The summed E-state index contributed by atoms with van der Waals surface area (Å²) in [4.78, 5) is 37.6. The molecule has 6 nitrogen and oxygen atoms in total. The average molecular weight is 449 g/mol. The van der Waals surface area contributed by atoms with Crippen molar-refractivity contribution in [1.82, 2.24) is 0 Å². The predicted molar refractivity (Wildman–Crippen MR) is 118 cm³/mol. The van der Waals surface area contributed by atoms with Crippen LogP contribution in [0.3, 0.4) is 0 Å². The lowest BCUT2D eigenvalue weighted by molar-refractivity contribution is -0.119. The standard InChI is InChI=1S/C25H17F2NO5/c1-14-22(30)16-9-5-10-17(24(16)33-23(14)15-7-3-2-4-8-15)25(31)32-13-20(29)28-21-18(26)11-6-12-19(21)27/h2-12H,13H2,1H3,(H,28,29). The van der Waals surface area contributed by atoms with Gasteiger partial charge in [-0.15, -0.1) is 0 Å². The summed E-state index contributed by atoms with van der Waals surface area (Å²) in [5.74, 6) is -3.49. The van der Waals surface area contributed by atoms with Crippen molar-refractivity contribution < 1.29 is 27.5 Å². The lowest BCUT2D eigenvalue weighted by atomic mass is 10.0. The lowest BCUT2D eigenvalue weighted by Crippen LogP contribution is -2.22. The highest BCUT2D eigenvalue weighted by Gasteiger charge is 2.20. The Morgan fingerprint density at radius 2 is 1.61 bits per heavy atom. The minimum Gasteiger partial charge on any atom is -0.455 e. The summed E-state index contributed by atoms with van der Waals surface area (Å²) in [6.07, 6.45) is 0. The number of anilines is 1. The maximum Gasteiger partial charge on any atom is 0.342 e. The fourth-order valence-electron chi connectivity index (χ4n) is 3.34. The number of halogens is 2. The quantitative estimate of drug-likeness (QED) is 0.441. The van der Waals surface area contributed by atoms with E-state index in [1.807, 2.05) is 11.4 Å². The van der Waals surface area contributed by atoms with Crippen LogP contribution < -0.4 is 10.7 Å². The first-order chi connectivity index (χ1) is 15.9. The zero-order chi connectivity index (χ0) is 23.5. The molecule has 1 N–H and O–H groups in total. The molecule has 0 saturated heterocycles. The first-order valence-corrected chi connectivity index (χ1v) is 9.89. The number of nitrogens with one attached hydrogen (secondary N) is 1. The molecule has 0 saturated carbocycles. The molecule has 8 heteroatoms. The van der Waals surface area contributed by atoms with Crippen LogP contribution >= 0.6 is 0 Å². The van der Waals surface area contributed by atoms with Crippen LogP contribution in [-0.4, -0.2) is 18.5 Å². The van der Waals surface area contributed by atoms with Crippen LogP contribution in [0.25, 0.3) is 22.3 Å². The van der Waals surface area contributed by atoms with Gasteiger partial charge in [-0.1, -0.05) is 42.5 Å². The van der Waals surface area contributed by atoms with Gasteiger partial charge >= 0.3 is 5.97 Å². The molecule has 4 aromatic rings. The highest BCUT2D eigenvalue weighted by molar-refractivity contribution is 6.03. The van der Waals surface area contributed by atoms with E-state index in [9.17, 15) is 23.2 Å². The van der Waals surface area contributed by atoms with E-state index < -0.39 is 35.8 Å². The molecule has 0 bridgehead atoms. The third kappa shape index (κ3) is 4.36. The maximum absolute atomic E-state index is 13.7. The number of ether oxygens (including phenoxy) is 1. The molecule has 0 aliphatic heterocycles. The van der Waals surface area contributed by atoms with E-state index in [0.29, 0.717) is 16.9 Å². The van der Waals surface area contributed by atoms with Crippen molar-refractivity contribution in [1.29, 1.82) is 0 Å². The Morgan fingerprint density at radius 1 is 0.939 bits per heavy atom. The van der Waals surface area contributed by atoms with Crippen molar-refractivity contribution in [2.24, 2.45) is 0 Å². The Morgan fingerprint density at radius 3 is 2.30 bits per heavy atom. The minimum atomic E-state index is -0.964. The third-order valence-corrected chi connectivity index (χ3v) is 4.96. The van der Waals surface area contributed by atoms with E-state index >= 15 is 0 Å². The van der Waals surface area contributed by atoms with Gasteiger partial charge in [0.25, 0.3) is 5.91 Å². The van der Waals surface area contributed by atoms with Gasteiger partial charge in [0.2, 0.25) is 0 Å². The van der Waals surface area contributed by atoms with Crippen LogP contribution in [0.5, 0.6) is 0 Å². The van der Waals surface area contributed by atoms with E-state index in [2.05, 4.69) is 0 Å². The number of rotatable bonds is 5. The zero-order valence-corrected chi connectivity index (χ0v) is 17.4. The molecule has 0 aliphatic rings. The van der Waals surface area contributed by atoms with Gasteiger partial charge in [0.05, 0.1) is 5.39 Å². The molecule has 0 aliphatic carbocycles. The third-order valence-electron chi connectivity index (χ3n) is 4.96. The first kappa shape index (κ1) is 21.9. The van der Waals surface area contributed by atoms with Crippen LogP contribution in [0.1, 0.15) is 15.9 Å². The number of benzene rings is 3. The number of fused-ring (bicyclic) bond motifs is 1. The van der Waals surface area contributed by atoms with Crippen molar-refractivity contribution in [3.63, 3.8) is 0 Å². The highest BCUT2D eigenvalue weighted by atomic mass is 19.1. The predicted octanol–water partition coefficient (Wildman–Crippen LogP) is 4.84. The Bertz CT molecular complexity index is 1410. The molecular formula is C25H17F2NO5. The fraction of sp³-hybridized carbons (Fsp3) is 0.0800. The summed E-state index contributed by atoms with van der Waals surface area (Å²) in [5, 5.41) is 2.21. The number of hydrogen-bond donors (Lipinski definition) is 1. The average Bonchev–Trinajstić information content (AvgIpc) is 2.82. The van der Waals surface area contributed by atoms with E-state index in [-0.39, 0.29) is 22.0 Å². The number of carbonyl (C=O) groups is 2. The second-order valence-electron chi connectivity index (χ2n) is 7.15. The molecule has 0 radical (unpaired) electrons. The molecule has 0 spiro atoms. The Hall–Kier alpha value is -4.33. The number of esters is 1. The molecule has 1 aromatic heterocycles. The summed E-state index contributed by atoms with van der Waals surface area (Å²) in [6.45, 7) is 0.829. The van der Waals surface area contributed by atoms with E-state index in [1.165, 1.54) is 18.2 Å². The molecule has 0 unspecified atom stereocenters. The summed E-state index contributed by atoms with van der Waals surface area (Å²) >= 11 is 0. The van der Waals surface area contributed by atoms with Crippen molar-refractivity contribution in [3.05, 3.63) is 99.7 Å². The maximum atomic E-state index is 13.7. The number of carbonyl (C=O) groups excluding carboxylic acids is 2. The minimum absolute atomic E-state index is 0.0116. The molecule has 1 amide bonds. The van der Waals surface area contributed by atoms with Crippen LogP contribution in [0.4, 0.5) is 14.5 Å². The Kier molecular flexibility index (Phi) is 5.99. The van der Waals surface area contributed by atoms with Crippen LogP contribution in [0.15, 0.2) is 75.9 Å². The van der Waals surface area contributed by atoms with Crippen LogP contribution in [0.2, 0.25) is 0 Å². The second kappa shape index (κ2) is 9.04. The van der Waals surface area contributed by atoms with Crippen LogP contribution in [0, 0.1) is 18.6 Å². The van der Waals surface area contributed by atoms with Crippen molar-refractivity contribution in [3.8, 4) is 11.3 Å². The van der Waals surface area contributed by atoms with Crippen molar-refractivity contribution >= 4 is 28.5 Å². The van der Waals surface area contributed by atoms with Gasteiger partial charge in [0, 0.05) is 11.1 Å². The van der Waals surface area contributed by atoms with Gasteiger partial charge in [0.1, 0.15) is 28.6 Å². The SMILES string of the molecule is Cc1c(-c2ccccc2)oc2c(C(=O)OCC(=O)Nc3c(F)cccc3F)cccc2c1=O. The van der Waals surface area contributed by atoms with Gasteiger partial charge < -0.3 is 14.5 Å². The van der Waals surface area contributed by atoms with E-state index in [0.717, 1.165) is 18.2 Å². The molecule has 0 atom stereocenters. The highest BCUT2D eigenvalue weighted by Crippen LogP contribution is 2.27. The molecule has 3 aromatic carbocycles. The lowest BCUT2D eigenvalue weighted by Gasteiger charge is -2.11. The van der Waals surface area contributed by atoms with Crippen molar-refractivity contribution in [2.45, 2.75) is 6.92 Å². The second-order valence-corrected chi connectivity index (χ2v) is 7.15. The number of hydrogen-bond acceptors (Lipinski definition) is 5. The van der Waals surface area contributed by atoms with E-state index in [4.69, 9.17) is 9.15 Å². The summed E-state index contributed by atoms with van der Waals surface area (Å²) in [5.41, 5.74) is 0.0355. The van der Waals surface area contributed by atoms with Gasteiger partial charge in [-0.3, -0.25) is 9.59 Å². The zero-order valence-electron chi connectivity index (χ0n) is 17.4. The number of para-hydroxylation sites is 2. The smallest absolute Gasteiger partial charge is 0.342 e. The summed E-state index contributed by atoms with van der Waals surface area (Å²) < 4.78 is 38.3. The molecule has 0 fully saturated rings. The molecular weight excluding hydrogens is 432 g/mol. The van der Waals surface area contributed by atoms with Crippen LogP contribution in [-0.2, 0) is 9.53 Å². The first-order valence-electron chi connectivity index (χ1n) is 9.89. The molecule has 33 heavy (non-hydrogen) atoms. The Labute approximate surface area is 186 Å². The van der Waals surface area contributed by atoms with Gasteiger partial charge in [-0.05, 0) is 31.2 Å². The Balaban J connectivity index is 1.61. The van der Waals surface area contributed by atoms with Gasteiger partial charge in [0.15, 0.2) is 17.6 Å². The topological polar surface area (TPSA) is 85.6 Å². The largest absolute Gasteiger partial charge is 0.455 e. The number of amides is 1. The van der Waals surface area contributed by atoms with E-state index in [1.54, 1.807) is 31.2 Å². The fourth-order valence-corrected chi connectivity index (χ4v) is 3.34. The molecule has 4 rings (SSSR count). The molecule has 1 heterocycles. The normalized spacial score (nSPS) is 10.8. The van der Waals surface area contributed by atoms with Gasteiger partial charge in [-0.2, -0.15) is 0 Å². The monoisotopic (exact) mass is 449 g/mol. The summed E-state index contributed by atoms with van der Waals surface area (Å²) in [7, 11) is 0.